The number of anilines is 1. The molecule has 0 N–H and O–H groups in total. The SMILES string of the molecule is Cc1ncn(-c2cc(N3CCN(C(=O)CCn4cnc5ccccc5c4=O)CC3)ncn2)c1C. The number of piperazine rings is 1. The van der Waals surface area contributed by atoms with Crippen LogP contribution < -0.4 is 10.5 Å². The first kappa shape index (κ1) is 21.7. The highest BCUT2D eigenvalue weighted by Gasteiger charge is 2.22. The minimum absolute atomic E-state index is 0.0348. The monoisotopic (exact) mass is 458 g/mol. The fraction of sp³-hybridized carbons (Fsp3) is 0.333. The molecule has 0 aliphatic carbocycles. The average Bonchev–Trinajstić information content (AvgIpc) is 3.21. The molecule has 1 aliphatic heterocycles. The van der Waals surface area contributed by atoms with E-state index in [-0.39, 0.29) is 17.9 Å². The first-order valence-electron chi connectivity index (χ1n) is 11.3. The smallest absolute Gasteiger partial charge is 0.261 e. The maximum atomic E-state index is 12.8. The molecule has 0 atom stereocenters. The number of carbonyl (C=O) groups is 1. The molecule has 0 bridgehead atoms. The molecular weight excluding hydrogens is 432 g/mol. The van der Waals surface area contributed by atoms with E-state index in [0.717, 1.165) is 23.0 Å². The lowest BCUT2D eigenvalue weighted by molar-refractivity contribution is -0.131. The summed E-state index contributed by atoms with van der Waals surface area (Å²) in [5.41, 5.74) is 2.55. The highest BCUT2D eigenvalue weighted by Crippen LogP contribution is 2.18. The molecule has 174 valence electrons. The molecule has 1 amide bonds. The lowest BCUT2D eigenvalue weighted by atomic mass is 10.2. The fourth-order valence-corrected chi connectivity index (χ4v) is 4.20. The van der Waals surface area contributed by atoms with Gasteiger partial charge >= 0.3 is 0 Å². The van der Waals surface area contributed by atoms with Crippen LogP contribution in [0.2, 0.25) is 0 Å². The van der Waals surface area contributed by atoms with Crippen molar-refractivity contribution in [3.05, 3.63) is 71.1 Å². The van der Waals surface area contributed by atoms with Gasteiger partial charge in [-0.25, -0.2) is 19.9 Å². The molecular formula is C24H26N8O2. The van der Waals surface area contributed by atoms with Gasteiger partial charge in [-0.05, 0) is 26.0 Å². The van der Waals surface area contributed by atoms with Gasteiger partial charge in [-0.3, -0.25) is 18.7 Å². The predicted molar refractivity (Wildman–Crippen MR) is 128 cm³/mol. The first-order chi connectivity index (χ1) is 16.5. The molecule has 4 aromatic rings. The van der Waals surface area contributed by atoms with Crippen LogP contribution >= 0.6 is 0 Å². The van der Waals surface area contributed by atoms with Gasteiger partial charge in [-0.15, -0.1) is 0 Å². The van der Waals surface area contributed by atoms with Crippen LogP contribution in [0, 0.1) is 13.8 Å². The van der Waals surface area contributed by atoms with E-state index in [2.05, 4.69) is 24.8 Å². The molecule has 3 aromatic heterocycles. The molecule has 0 unspecified atom stereocenters. The van der Waals surface area contributed by atoms with E-state index in [1.807, 2.05) is 47.6 Å². The topological polar surface area (TPSA) is 102 Å². The number of imidazole rings is 1. The Morgan fingerprint density at radius 3 is 2.47 bits per heavy atom. The number of aromatic nitrogens is 6. The molecule has 0 saturated carbocycles. The summed E-state index contributed by atoms with van der Waals surface area (Å²) >= 11 is 0. The summed E-state index contributed by atoms with van der Waals surface area (Å²) in [6.45, 7) is 6.87. The van der Waals surface area contributed by atoms with Gasteiger partial charge in [0.2, 0.25) is 5.91 Å². The second kappa shape index (κ2) is 9.05. The molecule has 1 saturated heterocycles. The molecule has 0 spiro atoms. The van der Waals surface area contributed by atoms with Crippen LogP contribution in [0.25, 0.3) is 16.7 Å². The number of carbonyl (C=O) groups excluding carboxylic acids is 1. The van der Waals surface area contributed by atoms with Crippen molar-refractivity contribution in [2.45, 2.75) is 26.8 Å². The van der Waals surface area contributed by atoms with Gasteiger partial charge in [0.15, 0.2) is 0 Å². The molecule has 34 heavy (non-hydrogen) atoms. The molecule has 1 aromatic carbocycles. The average molecular weight is 459 g/mol. The Kier molecular flexibility index (Phi) is 5.79. The fourth-order valence-electron chi connectivity index (χ4n) is 4.20. The third-order valence-electron chi connectivity index (χ3n) is 6.39. The maximum Gasteiger partial charge on any atom is 0.261 e. The van der Waals surface area contributed by atoms with Crippen LogP contribution in [0.3, 0.4) is 0 Å². The van der Waals surface area contributed by atoms with Crippen molar-refractivity contribution in [2.24, 2.45) is 0 Å². The van der Waals surface area contributed by atoms with Crippen LogP contribution in [0.5, 0.6) is 0 Å². The molecule has 1 fully saturated rings. The van der Waals surface area contributed by atoms with Gasteiger partial charge in [-0.2, -0.15) is 0 Å². The van der Waals surface area contributed by atoms with E-state index in [1.165, 1.54) is 10.9 Å². The number of amides is 1. The van der Waals surface area contributed by atoms with Crippen molar-refractivity contribution in [3.8, 4) is 5.82 Å². The maximum absolute atomic E-state index is 12.8. The highest BCUT2D eigenvalue weighted by atomic mass is 16.2. The number of benzene rings is 1. The minimum atomic E-state index is -0.119. The lowest BCUT2D eigenvalue weighted by Gasteiger charge is -2.35. The van der Waals surface area contributed by atoms with Crippen LogP contribution in [-0.4, -0.2) is 66.1 Å². The third-order valence-corrected chi connectivity index (χ3v) is 6.39. The molecule has 5 rings (SSSR count). The molecule has 0 radical (unpaired) electrons. The van der Waals surface area contributed by atoms with Gasteiger partial charge in [0.1, 0.15) is 24.3 Å². The van der Waals surface area contributed by atoms with E-state index in [0.29, 0.717) is 43.6 Å². The zero-order chi connectivity index (χ0) is 23.7. The van der Waals surface area contributed by atoms with Gasteiger partial charge in [-0.1, -0.05) is 12.1 Å². The number of hydrogen-bond donors (Lipinski definition) is 0. The zero-order valence-electron chi connectivity index (χ0n) is 19.3. The molecule has 4 heterocycles. The van der Waals surface area contributed by atoms with E-state index < -0.39 is 0 Å². The summed E-state index contributed by atoms with van der Waals surface area (Å²) < 4.78 is 3.46. The number of nitrogens with zero attached hydrogens (tertiary/aromatic N) is 8. The van der Waals surface area contributed by atoms with Gasteiger partial charge in [0, 0.05) is 50.9 Å². The standard InChI is InChI=1S/C24H26N8O2/c1-17-18(2)32(16-27-17)22-13-21(25-14-26-22)29-9-11-30(12-10-29)23(33)7-8-31-15-28-20-6-4-3-5-19(20)24(31)34/h3-6,13-16H,7-12H2,1-2H3. The highest BCUT2D eigenvalue weighted by molar-refractivity contribution is 5.78. The minimum Gasteiger partial charge on any atom is -0.353 e. The Bertz CT molecular complexity index is 1400. The number of fused-ring (bicyclic) bond motifs is 1. The summed E-state index contributed by atoms with van der Waals surface area (Å²) in [6, 6.07) is 9.19. The number of rotatable bonds is 5. The number of para-hydroxylation sites is 1. The predicted octanol–water partition coefficient (Wildman–Crippen LogP) is 1.73. The van der Waals surface area contributed by atoms with Crippen LogP contribution in [0.1, 0.15) is 17.8 Å². The Morgan fingerprint density at radius 2 is 1.71 bits per heavy atom. The zero-order valence-corrected chi connectivity index (χ0v) is 19.3. The second-order valence-corrected chi connectivity index (χ2v) is 8.40. The van der Waals surface area contributed by atoms with Crippen molar-refractivity contribution in [3.63, 3.8) is 0 Å². The van der Waals surface area contributed by atoms with E-state index in [1.54, 1.807) is 18.7 Å². The number of aryl methyl sites for hydroxylation is 2. The first-order valence-corrected chi connectivity index (χ1v) is 11.3. The summed E-state index contributed by atoms with van der Waals surface area (Å²) in [5, 5.41) is 0.566. The van der Waals surface area contributed by atoms with Crippen LogP contribution in [0.4, 0.5) is 5.82 Å². The van der Waals surface area contributed by atoms with Crippen molar-refractivity contribution >= 4 is 22.6 Å². The van der Waals surface area contributed by atoms with Crippen LogP contribution in [-0.2, 0) is 11.3 Å². The Morgan fingerprint density at radius 1 is 0.941 bits per heavy atom. The second-order valence-electron chi connectivity index (χ2n) is 8.40. The largest absolute Gasteiger partial charge is 0.353 e. The summed E-state index contributed by atoms with van der Waals surface area (Å²) in [5.74, 6) is 1.64. The van der Waals surface area contributed by atoms with Crippen molar-refractivity contribution in [2.75, 3.05) is 31.1 Å². The Hall–Kier alpha value is -4.08. The normalized spacial score (nSPS) is 14.1. The summed E-state index contributed by atoms with van der Waals surface area (Å²) in [4.78, 5) is 46.9. The molecule has 10 heteroatoms. The van der Waals surface area contributed by atoms with E-state index in [4.69, 9.17) is 0 Å². The van der Waals surface area contributed by atoms with Crippen molar-refractivity contribution < 1.29 is 4.79 Å². The lowest BCUT2D eigenvalue weighted by Crippen LogP contribution is -2.49. The van der Waals surface area contributed by atoms with Gasteiger partial charge in [0.05, 0.1) is 22.9 Å². The Labute approximate surface area is 196 Å². The molecule has 1 aliphatic rings. The van der Waals surface area contributed by atoms with Crippen molar-refractivity contribution in [1.29, 1.82) is 0 Å². The van der Waals surface area contributed by atoms with E-state index in [9.17, 15) is 9.59 Å². The number of hydrogen-bond acceptors (Lipinski definition) is 7. The van der Waals surface area contributed by atoms with E-state index >= 15 is 0 Å². The summed E-state index contributed by atoms with van der Waals surface area (Å²) in [7, 11) is 0. The van der Waals surface area contributed by atoms with Gasteiger partial charge < -0.3 is 9.80 Å². The Balaban J connectivity index is 1.20. The van der Waals surface area contributed by atoms with Crippen LogP contribution in [0.15, 0.2) is 54.1 Å². The van der Waals surface area contributed by atoms with Gasteiger partial charge in [0.25, 0.3) is 5.56 Å². The third kappa shape index (κ3) is 4.14. The van der Waals surface area contributed by atoms with Crippen molar-refractivity contribution in [1.82, 2.24) is 34.0 Å². The molecule has 10 nitrogen and oxygen atoms in total. The quantitative estimate of drug-likeness (QED) is 0.449. The summed E-state index contributed by atoms with van der Waals surface area (Å²) in [6.07, 6.45) is 5.11.